The van der Waals surface area contributed by atoms with E-state index in [1.165, 1.54) is 0 Å². The predicted octanol–water partition coefficient (Wildman–Crippen LogP) is 2.67. The van der Waals surface area contributed by atoms with E-state index in [2.05, 4.69) is 0 Å². The third-order valence-electron chi connectivity index (χ3n) is 2.21. The first-order chi connectivity index (χ1) is 6.58. The van der Waals surface area contributed by atoms with Crippen molar-refractivity contribution in [2.45, 2.75) is 19.2 Å². The number of rotatable bonds is 2. The summed E-state index contributed by atoms with van der Waals surface area (Å²) < 4.78 is 14.7. The highest BCUT2D eigenvalue weighted by Gasteiger charge is 2.25. The van der Waals surface area contributed by atoms with Gasteiger partial charge >= 0.3 is 0 Å². The van der Waals surface area contributed by atoms with Gasteiger partial charge in [-0.1, -0.05) is 36.7 Å². The van der Waals surface area contributed by atoms with E-state index >= 15 is 0 Å². The normalized spacial score (nSPS) is 23.7. The van der Waals surface area contributed by atoms with Crippen LogP contribution in [0.3, 0.4) is 0 Å². The van der Waals surface area contributed by atoms with Crippen molar-refractivity contribution in [3.8, 4) is 0 Å². The molecule has 12 heavy (non-hydrogen) atoms. The molecule has 1 aliphatic carbocycles. The first kappa shape index (κ1) is 5.52. The van der Waals surface area contributed by atoms with Crippen LogP contribution in [-0.4, -0.2) is 5.78 Å². The Morgan fingerprint density at radius 1 is 1.33 bits per heavy atom. The van der Waals surface area contributed by atoms with Crippen LogP contribution in [0.15, 0.2) is 30.3 Å². The predicted molar refractivity (Wildman–Crippen MR) is 48.1 cm³/mol. The maximum Gasteiger partial charge on any atom is 0.165 e. The molecule has 1 aliphatic rings. The van der Waals surface area contributed by atoms with E-state index in [9.17, 15) is 4.79 Å². The van der Waals surface area contributed by atoms with Gasteiger partial charge in [-0.25, -0.2) is 0 Å². The molecule has 0 aromatic heterocycles. The SMILES string of the molecule is [2H]C1([2H])CC(C(=O)c2ccccc2)C1. The van der Waals surface area contributed by atoms with Crippen molar-refractivity contribution in [1.82, 2.24) is 0 Å². The van der Waals surface area contributed by atoms with Gasteiger partial charge < -0.3 is 0 Å². The zero-order valence-electron chi connectivity index (χ0n) is 8.79. The van der Waals surface area contributed by atoms with E-state index in [1.807, 2.05) is 18.2 Å². The fourth-order valence-corrected chi connectivity index (χ4v) is 1.31. The van der Waals surface area contributed by atoms with Crippen molar-refractivity contribution < 1.29 is 7.54 Å². The van der Waals surface area contributed by atoms with Crippen molar-refractivity contribution >= 4 is 5.78 Å². The highest BCUT2D eigenvalue weighted by Crippen LogP contribution is 2.29. The van der Waals surface area contributed by atoms with Gasteiger partial charge in [0.15, 0.2) is 5.78 Å². The molecule has 2 rings (SSSR count). The monoisotopic (exact) mass is 162 g/mol. The standard InChI is InChI=1S/C11H12O/c12-11(10-7-4-8-10)9-5-2-1-3-6-9/h1-3,5-6,10H,4,7-8H2/i4D2. The Morgan fingerprint density at radius 3 is 2.58 bits per heavy atom. The van der Waals surface area contributed by atoms with Crippen LogP contribution in [0.2, 0.25) is 0 Å². The Morgan fingerprint density at radius 2 is 2.00 bits per heavy atom. The van der Waals surface area contributed by atoms with Crippen molar-refractivity contribution in [3.63, 3.8) is 0 Å². The van der Waals surface area contributed by atoms with Crippen LogP contribution in [-0.2, 0) is 0 Å². The molecular weight excluding hydrogens is 148 g/mol. The quantitative estimate of drug-likeness (QED) is 0.611. The van der Waals surface area contributed by atoms with Crippen LogP contribution < -0.4 is 0 Å². The Hall–Kier alpha value is -1.11. The third-order valence-corrected chi connectivity index (χ3v) is 2.21. The Bertz CT molecular complexity index is 338. The Balaban J connectivity index is 2.05. The van der Waals surface area contributed by atoms with E-state index in [-0.39, 0.29) is 11.7 Å². The van der Waals surface area contributed by atoms with Crippen molar-refractivity contribution in [2.75, 3.05) is 0 Å². The summed E-state index contributed by atoms with van der Waals surface area (Å²) in [5, 5.41) is 0. The van der Waals surface area contributed by atoms with Gasteiger partial charge in [0.25, 0.3) is 0 Å². The average Bonchev–Trinajstić information content (AvgIpc) is 2.14. The molecular formula is C11H12O. The van der Waals surface area contributed by atoms with Crippen LogP contribution >= 0.6 is 0 Å². The van der Waals surface area contributed by atoms with Crippen LogP contribution in [0.25, 0.3) is 0 Å². The lowest BCUT2D eigenvalue weighted by Gasteiger charge is -2.23. The lowest BCUT2D eigenvalue weighted by atomic mass is 9.80. The van der Waals surface area contributed by atoms with Gasteiger partial charge in [0, 0.05) is 14.2 Å². The molecule has 0 amide bonds. The first-order valence-corrected chi connectivity index (χ1v) is 4.18. The van der Waals surface area contributed by atoms with Gasteiger partial charge in [-0.15, -0.1) is 0 Å². The van der Waals surface area contributed by atoms with Gasteiger partial charge in [-0.3, -0.25) is 4.79 Å². The molecule has 1 fully saturated rings. The minimum atomic E-state index is -1.12. The number of benzene rings is 1. The molecule has 0 saturated heterocycles. The summed E-state index contributed by atoms with van der Waals surface area (Å²) in [6, 6.07) is 9.12. The molecule has 1 heteroatoms. The fraction of sp³-hybridized carbons (Fsp3) is 0.364. The fourth-order valence-electron chi connectivity index (χ4n) is 1.31. The molecule has 0 aliphatic heterocycles. The zero-order valence-corrected chi connectivity index (χ0v) is 6.79. The second-order valence-electron chi connectivity index (χ2n) is 3.09. The summed E-state index contributed by atoms with van der Waals surface area (Å²) in [7, 11) is 0. The smallest absolute Gasteiger partial charge is 0.165 e. The number of hydrogen-bond acceptors (Lipinski definition) is 1. The summed E-state index contributed by atoms with van der Waals surface area (Å²) in [6.45, 7) is 0. The molecule has 1 saturated carbocycles. The Labute approximate surface area is 75.2 Å². The second kappa shape index (κ2) is 3.10. The van der Waals surface area contributed by atoms with Gasteiger partial charge in [0.2, 0.25) is 0 Å². The summed E-state index contributed by atoms with van der Waals surface area (Å²) in [5.41, 5.74) is 0.702. The van der Waals surface area contributed by atoms with Crippen molar-refractivity contribution in [1.29, 1.82) is 0 Å². The molecule has 0 N–H and O–H groups in total. The van der Waals surface area contributed by atoms with E-state index in [0.29, 0.717) is 18.4 Å². The van der Waals surface area contributed by atoms with Crippen molar-refractivity contribution in [3.05, 3.63) is 35.9 Å². The van der Waals surface area contributed by atoms with E-state index in [4.69, 9.17) is 2.74 Å². The van der Waals surface area contributed by atoms with Crippen LogP contribution in [0.4, 0.5) is 0 Å². The minimum absolute atomic E-state index is 0.0840. The molecule has 0 radical (unpaired) electrons. The second-order valence-corrected chi connectivity index (χ2v) is 3.09. The minimum Gasteiger partial charge on any atom is -0.294 e. The number of carbonyl (C=O) groups excluding carboxylic acids is 1. The molecule has 1 aromatic rings. The topological polar surface area (TPSA) is 17.1 Å². The van der Waals surface area contributed by atoms with Gasteiger partial charge in [-0.2, -0.15) is 0 Å². The maximum atomic E-state index is 11.7. The van der Waals surface area contributed by atoms with Crippen LogP contribution in [0.5, 0.6) is 0 Å². The third kappa shape index (κ3) is 1.27. The summed E-state index contributed by atoms with van der Waals surface area (Å²) in [5.74, 6) is -0.0203. The molecule has 0 unspecified atom stereocenters. The van der Waals surface area contributed by atoms with E-state index in [0.717, 1.165) is 0 Å². The summed E-state index contributed by atoms with van der Waals surface area (Å²) >= 11 is 0. The highest BCUT2D eigenvalue weighted by molar-refractivity contribution is 5.98. The molecule has 62 valence electrons. The van der Waals surface area contributed by atoms with Gasteiger partial charge in [0.05, 0.1) is 0 Å². The largest absolute Gasteiger partial charge is 0.294 e. The molecule has 0 bridgehead atoms. The number of hydrogen-bond donors (Lipinski definition) is 0. The maximum absolute atomic E-state index is 11.7. The number of Topliss-reactive ketones (excluding diaryl/α,β-unsaturated/α-hetero) is 1. The van der Waals surface area contributed by atoms with E-state index in [1.54, 1.807) is 12.1 Å². The number of carbonyl (C=O) groups is 1. The van der Waals surface area contributed by atoms with E-state index < -0.39 is 6.37 Å². The summed E-state index contributed by atoms with van der Waals surface area (Å²) in [4.78, 5) is 11.7. The molecule has 0 heterocycles. The summed E-state index contributed by atoms with van der Waals surface area (Å²) in [6.07, 6.45) is -0.365. The Kier molecular flexibility index (Phi) is 1.42. The van der Waals surface area contributed by atoms with Crippen LogP contribution in [0.1, 0.15) is 32.3 Å². The van der Waals surface area contributed by atoms with Crippen molar-refractivity contribution in [2.24, 2.45) is 5.92 Å². The van der Waals surface area contributed by atoms with Gasteiger partial charge in [0.1, 0.15) is 0 Å². The lowest BCUT2D eigenvalue weighted by Crippen LogP contribution is -2.21. The highest BCUT2D eigenvalue weighted by atomic mass is 16.1. The molecule has 0 atom stereocenters. The molecule has 0 spiro atoms. The zero-order chi connectivity index (χ0) is 10.2. The van der Waals surface area contributed by atoms with Gasteiger partial charge in [-0.05, 0) is 12.8 Å². The lowest BCUT2D eigenvalue weighted by molar-refractivity contribution is 0.0855. The first-order valence-electron chi connectivity index (χ1n) is 5.18. The number of ketones is 1. The molecule has 1 nitrogen and oxygen atoms in total. The molecule has 1 aromatic carbocycles. The average molecular weight is 162 g/mol. The van der Waals surface area contributed by atoms with Crippen LogP contribution in [0, 0.1) is 5.92 Å².